The van der Waals surface area contributed by atoms with Gasteiger partial charge < -0.3 is 5.32 Å². The van der Waals surface area contributed by atoms with Gasteiger partial charge in [-0.3, -0.25) is 0 Å². The highest BCUT2D eigenvalue weighted by atomic mass is 32.2. The molecule has 3 rings (SSSR count). The van der Waals surface area contributed by atoms with Crippen molar-refractivity contribution < 1.29 is 8.42 Å². The summed E-state index contributed by atoms with van der Waals surface area (Å²) in [7, 11) is -3.60. The third-order valence-corrected chi connectivity index (χ3v) is 5.46. The molecule has 0 unspecified atom stereocenters. The zero-order valence-corrected chi connectivity index (χ0v) is 13.0. The van der Waals surface area contributed by atoms with Gasteiger partial charge in [-0.25, -0.2) is 0 Å². The summed E-state index contributed by atoms with van der Waals surface area (Å²) in [6, 6.07) is 14.9. The fourth-order valence-corrected chi connectivity index (χ4v) is 4.29. The van der Waals surface area contributed by atoms with Gasteiger partial charge in [-0.05, 0) is 24.6 Å². The lowest BCUT2D eigenvalue weighted by atomic mass is 10.2. The maximum Gasteiger partial charge on any atom is 0.286 e. The molecule has 1 aliphatic rings. The summed E-state index contributed by atoms with van der Waals surface area (Å²) >= 11 is 1.38. The van der Waals surface area contributed by atoms with Gasteiger partial charge in [0.1, 0.15) is 4.90 Å². The van der Waals surface area contributed by atoms with Crippen molar-refractivity contribution in [3.05, 3.63) is 59.7 Å². The molecule has 4 nitrogen and oxygen atoms in total. The van der Waals surface area contributed by atoms with Crippen molar-refractivity contribution in [2.24, 2.45) is 4.40 Å². The predicted octanol–water partition coefficient (Wildman–Crippen LogP) is 3.40. The van der Waals surface area contributed by atoms with E-state index < -0.39 is 10.0 Å². The van der Waals surface area contributed by atoms with E-state index in [9.17, 15) is 8.42 Å². The summed E-state index contributed by atoms with van der Waals surface area (Å²) in [4.78, 5) is 0.227. The number of hydrogen-bond acceptors (Lipinski definition) is 4. The first-order valence-electron chi connectivity index (χ1n) is 6.44. The Labute approximate surface area is 128 Å². The lowest BCUT2D eigenvalue weighted by molar-refractivity contribution is 0.598. The zero-order chi connectivity index (χ0) is 14.9. The Kier molecular flexibility index (Phi) is 3.73. The van der Waals surface area contributed by atoms with E-state index in [-0.39, 0.29) is 4.90 Å². The third-order valence-electron chi connectivity index (χ3n) is 3.07. The second-order valence-electron chi connectivity index (χ2n) is 4.77. The molecule has 0 saturated heterocycles. The van der Waals surface area contributed by atoms with Gasteiger partial charge in [-0.15, -0.1) is 4.40 Å². The molecule has 0 aliphatic carbocycles. The molecule has 2 aromatic carbocycles. The number of benzene rings is 2. The van der Waals surface area contributed by atoms with Gasteiger partial charge in [0.25, 0.3) is 10.0 Å². The average Bonchev–Trinajstić information content (AvgIpc) is 2.45. The maximum atomic E-state index is 12.1. The van der Waals surface area contributed by atoms with Gasteiger partial charge >= 0.3 is 0 Å². The van der Waals surface area contributed by atoms with Crippen molar-refractivity contribution in [3.63, 3.8) is 0 Å². The van der Waals surface area contributed by atoms with Gasteiger partial charge in [0.2, 0.25) is 0 Å². The number of nitrogens with one attached hydrogen (secondary N) is 1. The highest BCUT2D eigenvalue weighted by Crippen LogP contribution is 2.29. The molecular formula is C15H14N2O2S2. The quantitative estimate of drug-likeness (QED) is 0.922. The molecule has 21 heavy (non-hydrogen) atoms. The molecule has 108 valence electrons. The van der Waals surface area contributed by atoms with Crippen LogP contribution in [0.15, 0.2) is 57.8 Å². The lowest BCUT2D eigenvalue weighted by Gasteiger charge is -2.17. The normalized spacial score (nSPS) is 15.8. The van der Waals surface area contributed by atoms with Gasteiger partial charge in [-0.2, -0.15) is 8.42 Å². The molecule has 0 fully saturated rings. The van der Waals surface area contributed by atoms with Crippen LogP contribution in [-0.2, 0) is 15.8 Å². The van der Waals surface area contributed by atoms with Crippen LogP contribution in [0, 0.1) is 6.92 Å². The van der Waals surface area contributed by atoms with E-state index in [4.69, 9.17) is 0 Å². The fraction of sp³-hybridized carbons (Fsp3) is 0.133. The van der Waals surface area contributed by atoms with Crippen molar-refractivity contribution in [1.82, 2.24) is 0 Å². The zero-order valence-electron chi connectivity index (χ0n) is 11.4. The highest BCUT2D eigenvalue weighted by molar-refractivity contribution is 8.14. The van der Waals surface area contributed by atoms with Crippen molar-refractivity contribution in [1.29, 1.82) is 0 Å². The van der Waals surface area contributed by atoms with E-state index in [0.717, 1.165) is 5.56 Å². The van der Waals surface area contributed by atoms with Crippen molar-refractivity contribution in [3.8, 4) is 0 Å². The molecule has 0 aromatic heterocycles. The van der Waals surface area contributed by atoms with Crippen LogP contribution in [0.3, 0.4) is 0 Å². The minimum absolute atomic E-state index is 0.227. The van der Waals surface area contributed by atoms with E-state index in [1.807, 2.05) is 25.1 Å². The molecule has 1 aliphatic heterocycles. The Morgan fingerprint density at radius 1 is 1.14 bits per heavy atom. The summed E-state index contributed by atoms with van der Waals surface area (Å²) in [5, 5.41) is 3.48. The Morgan fingerprint density at radius 3 is 2.76 bits per heavy atom. The molecule has 6 heteroatoms. The molecule has 0 bridgehead atoms. The van der Waals surface area contributed by atoms with Gasteiger partial charge in [0.05, 0.1) is 5.69 Å². The second kappa shape index (κ2) is 5.54. The molecule has 1 N–H and O–H groups in total. The number of nitrogens with zero attached hydrogens (tertiary/aromatic N) is 1. The summed E-state index contributed by atoms with van der Waals surface area (Å²) < 4.78 is 28.0. The van der Waals surface area contributed by atoms with Gasteiger partial charge in [-0.1, -0.05) is 53.7 Å². The second-order valence-corrected chi connectivity index (χ2v) is 7.31. The predicted molar refractivity (Wildman–Crippen MR) is 87.2 cm³/mol. The molecule has 0 saturated carbocycles. The first kappa shape index (κ1) is 14.2. The molecule has 1 heterocycles. The first-order valence-corrected chi connectivity index (χ1v) is 8.86. The summed E-state index contributed by atoms with van der Waals surface area (Å²) in [6.07, 6.45) is 0. The van der Waals surface area contributed by atoms with Crippen LogP contribution < -0.4 is 5.32 Å². The van der Waals surface area contributed by atoms with Crippen LogP contribution in [0.1, 0.15) is 11.1 Å². The third kappa shape index (κ3) is 3.11. The molecule has 0 spiro atoms. The summed E-state index contributed by atoms with van der Waals surface area (Å²) in [5.41, 5.74) is 2.91. The van der Waals surface area contributed by atoms with Crippen LogP contribution in [-0.4, -0.2) is 13.6 Å². The Hall–Kier alpha value is -1.79. The smallest absolute Gasteiger partial charge is 0.286 e. The number of thioether (sulfide) groups is 1. The molecular weight excluding hydrogens is 304 g/mol. The topological polar surface area (TPSA) is 58.5 Å². The van der Waals surface area contributed by atoms with Crippen LogP contribution >= 0.6 is 11.8 Å². The number of rotatable bonds is 2. The van der Waals surface area contributed by atoms with Crippen molar-refractivity contribution in [2.75, 3.05) is 5.32 Å². The van der Waals surface area contributed by atoms with Crippen LogP contribution in [0.25, 0.3) is 0 Å². The van der Waals surface area contributed by atoms with Crippen LogP contribution in [0.2, 0.25) is 0 Å². The molecule has 2 aromatic rings. The number of aryl methyl sites for hydroxylation is 1. The van der Waals surface area contributed by atoms with E-state index >= 15 is 0 Å². The van der Waals surface area contributed by atoms with E-state index in [0.29, 0.717) is 16.6 Å². The number of para-hydroxylation sites is 1. The van der Waals surface area contributed by atoms with Crippen LogP contribution in [0.4, 0.5) is 5.69 Å². The van der Waals surface area contributed by atoms with Gasteiger partial charge in [0, 0.05) is 5.75 Å². The molecule has 0 amide bonds. The SMILES string of the molecule is Cc1cccc(CSC2=NS(=O)(=O)c3ccccc3N2)c1. The Balaban J connectivity index is 1.81. The van der Waals surface area contributed by atoms with E-state index in [2.05, 4.69) is 15.8 Å². The van der Waals surface area contributed by atoms with Gasteiger partial charge in [0.15, 0.2) is 5.17 Å². The Morgan fingerprint density at radius 2 is 1.95 bits per heavy atom. The van der Waals surface area contributed by atoms with Crippen molar-refractivity contribution >= 4 is 32.6 Å². The average molecular weight is 318 g/mol. The Bertz CT molecular complexity index is 814. The largest absolute Gasteiger partial charge is 0.333 e. The summed E-state index contributed by atoms with van der Waals surface area (Å²) in [6.45, 7) is 2.03. The monoisotopic (exact) mass is 318 g/mol. The number of anilines is 1. The maximum absolute atomic E-state index is 12.1. The van der Waals surface area contributed by atoms with E-state index in [1.54, 1.807) is 24.3 Å². The first-order chi connectivity index (χ1) is 10.0. The number of fused-ring (bicyclic) bond motifs is 1. The number of sulfonamides is 1. The number of amidine groups is 1. The lowest BCUT2D eigenvalue weighted by Crippen LogP contribution is -2.18. The minimum Gasteiger partial charge on any atom is -0.333 e. The minimum atomic E-state index is -3.60. The molecule has 0 atom stereocenters. The summed E-state index contributed by atoms with van der Waals surface area (Å²) in [5.74, 6) is 0.672. The molecule has 0 radical (unpaired) electrons. The fourth-order valence-electron chi connectivity index (χ4n) is 2.11. The number of hydrogen-bond donors (Lipinski definition) is 1. The van der Waals surface area contributed by atoms with Crippen LogP contribution in [0.5, 0.6) is 0 Å². The van der Waals surface area contributed by atoms with E-state index in [1.165, 1.54) is 17.3 Å². The van der Waals surface area contributed by atoms with Crippen molar-refractivity contribution in [2.45, 2.75) is 17.6 Å². The highest BCUT2D eigenvalue weighted by Gasteiger charge is 2.24. The standard InChI is InChI=1S/C15H14N2O2S2/c1-11-5-4-6-12(9-11)10-20-15-16-13-7-2-3-8-14(13)21(18,19)17-15/h2-9H,10H2,1H3,(H,16,17).